The Balaban J connectivity index is 2.02. The Kier molecular flexibility index (Phi) is 3.92. The summed E-state index contributed by atoms with van der Waals surface area (Å²) in [6.07, 6.45) is 2.94. The second kappa shape index (κ2) is 6.00. The number of nitrogens with zero attached hydrogens (tertiary/aromatic N) is 2. The van der Waals surface area contributed by atoms with E-state index in [2.05, 4.69) is 5.32 Å². The van der Waals surface area contributed by atoms with Crippen LogP contribution in [0.5, 0.6) is 0 Å². The van der Waals surface area contributed by atoms with Gasteiger partial charge in [-0.2, -0.15) is 0 Å². The van der Waals surface area contributed by atoms with E-state index in [1.165, 1.54) is 12.3 Å². The molecule has 2 fully saturated rings. The first-order chi connectivity index (χ1) is 12.0. The summed E-state index contributed by atoms with van der Waals surface area (Å²) in [5, 5.41) is 12.6. The lowest BCUT2D eigenvalue weighted by Crippen LogP contribution is -2.44. The number of nitrogens with one attached hydrogen (secondary N) is 1. The van der Waals surface area contributed by atoms with Crippen LogP contribution in [0.2, 0.25) is 5.02 Å². The number of aromatic carboxylic acids is 1. The topological polar surface area (TPSA) is 74.6 Å². The van der Waals surface area contributed by atoms with E-state index < -0.39 is 17.2 Å². The molecule has 0 bridgehead atoms. The first-order valence-electron chi connectivity index (χ1n) is 8.25. The number of rotatable bonds is 3. The summed E-state index contributed by atoms with van der Waals surface area (Å²) in [6, 6.07) is 1.43. The highest BCUT2D eigenvalue weighted by Crippen LogP contribution is 2.40. The molecule has 2 N–H and O–H groups in total. The van der Waals surface area contributed by atoms with Crippen LogP contribution < -0.4 is 15.6 Å². The van der Waals surface area contributed by atoms with Crippen molar-refractivity contribution in [3.63, 3.8) is 0 Å². The summed E-state index contributed by atoms with van der Waals surface area (Å²) in [5.41, 5.74) is -0.625. The van der Waals surface area contributed by atoms with Gasteiger partial charge in [-0.1, -0.05) is 11.6 Å². The molecule has 25 heavy (non-hydrogen) atoms. The molecule has 0 unspecified atom stereocenters. The molecule has 2 aliphatic rings. The smallest absolute Gasteiger partial charge is 0.341 e. The fraction of sp³-hybridized carbons (Fsp3) is 0.412. The predicted octanol–water partition coefficient (Wildman–Crippen LogP) is 2.24. The summed E-state index contributed by atoms with van der Waals surface area (Å²) in [7, 11) is 0. The Morgan fingerprint density at radius 1 is 1.32 bits per heavy atom. The Morgan fingerprint density at radius 2 is 2.00 bits per heavy atom. The molecule has 1 saturated carbocycles. The standard InChI is InChI=1S/C17H17ClFN3O3/c18-12-7-10-14(13(19)15(12)21-5-3-20-4-6-21)22(9-1-2-9)8-11(16(10)23)17(24)25/h7-9,20H,1-6H2,(H,24,25). The number of pyridine rings is 1. The van der Waals surface area contributed by atoms with E-state index in [-0.39, 0.29) is 33.2 Å². The van der Waals surface area contributed by atoms with E-state index in [1.54, 1.807) is 4.57 Å². The van der Waals surface area contributed by atoms with Gasteiger partial charge in [-0.15, -0.1) is 0 Å². The molecule has 8 heteroatoms. The maximum Gasteiger partial charge on any atom is 0.341 e. The molecule has 1 saturated heterocycles. The van der Waals surface area contributed by atoms with Gasteiger partial charge >= 0.3 is 5.97 Å². The van der Waals surface area contributed by atoms with Gasteiger partial charge in [0.25, 0.3) is 0 Å². The van der Waals surface area contributed by atoms with Gasteiger partial charge in [0.15, 0.2) is 5.82 Å². The van der Waals surface area contributed by atoms with Crippen LogP contribution in [-0.4, -0.2) is 41.8 Å². The van der Waals surface area contributed by atoms with Crippen molar-refractivity contribution in [3.05, 3.63) is 38.9 Å². The number of carbonyl (C=O) groups is 1. The van der Waals surface area contributed by atoms with E-state index in [0.29, 0.717) is 13.1 Å². The van der Waals surface area contributed by atoms with Crippen LogP contribution in [0, 0.1) is 5.82 Å². The van der Waals surface area contributed by atoms with Gasteiger partial charge in [0.1, 0.15) is 5.56 Å². The number of hydrogen-bond acceptors (Lipinski definition) is 4. The van der Waals surface area contributed by atoms with E-state index in [1.807, 2.05) is 4.90 Å². The first kappa shape index (κ1) is 16.4. The number of halogens is 2. The monoisotopic (exact) mass is 365 g/mol. The second-order valence-corrected chi connectivity index (χ2v) is 6.88. The van der Waals surface area contributed by atoms with Gasteiger partial charge in [0.2, 0.25) is 5.43 Å². The molecule has 0 atom stereocenters. The molecule has 1 aliphatic heterocycles. The highest BCUT2D eigenvalue weighted by molar-refractivity contribution is 6.34. The fourth-order valence-electron chi connectivity index (χ4n) is 3.40. The molecule has 0 amide bonds. The van der Waals surface area contributed by atoms with Gasteiger partial charge in [-0.05, 0) is 18.9 Å². The van der Waals surface area contributed by atoms with Gasteiger partial charge in [0.05, 0.1) is 21.6 Å². The number of piperazine rings is 1. The second-order valence-electron chi connectivity index (χ2n) is 6.47. The molecule has 1 aliphatic carbocycles. The molecule has 2 heterocycles. The number of carboxylic acids is 1. The molecule has 4 rings (SSSR count). The largest absolute Gasteiger partial charge is 0.477 e. The van der Waals surface area contributed by atoms with Crippen LogP contribution >= 0.6 is 11.6 Å². The van der Waals surface area contributed by atoms with E-state index >= 15 is 4.39 Å². The zero-order chi connectivity index (χ0) is 17.7. The number of fused-ring (bicyclic) bond motifs is 1. The third kappa shape index (κ3) is 2.67. The van der Waals surface area contributed by atoms with Gasteiger partial charge < -0.3 is 19.9 Å². The lowest BCUT2D eigenvalue weighted by atomic mass is 10.1. The zero-order valence-electron chi connectivity index (χ0n) is 13.4. The Morgan fingerprint density at radius 3 is 2.60 bits per heavy atom. The van der Waals surface area contributed by atoms with Crippen molar-refractivity contribution in [1.29, 1.82) is 0 Å². The van der Waals surface area contributed by atoms with E-state index in [4.69, 9.17) is 11.6 Å². The minimum Gasteiger partial charge on any atom is -0.477 e. The predicted molar refractivity (Wildman–Crippen MR) is 93.5 cm³/mol. The molecule has 0 radical (unpaired) electrons. The van der Waals surface area contributed by atoms with Crippen LogP contribution in [-0.2, 0) is 0 Å². The van der Waals surface area contributed by atoms with Gasteiger partial charge in [-0.25, -0.2) is 9.18 Å². The number of carboxylic acid groups (broad SMARTS) is 1. The number of hydrogen-bond donors (Lipinski definition) is 2. The molecular weight excluding hydrogens is 349 g/mol. The van der Waals surface area contributed by atoms with Crippen LogP contribution in [0.3, 0.4) is 0 Å². The lowest BCUT2D eigenvalue weighted by Gasteiger charge is -2.31. The molecule has 132 valence electrons. The minimum atomic E-state index is -1.32. The third-order valence-corrected chi connectivity index (χ3v) is 5.08. The Bertz CT molecular complexity index is 933. The SMILES string of the molecule is O=C(O)c1cn(C2CC2)c2c(F)c(N3CCNCC3)c(Cl)cc2c1=O. The maximum absolute atomic E-state index is 15.4. The molecule has 6 nitrogen and oxygen atoms in total. The molecular formula is C17H17ClFN3O3. The highest BCUT2D eigenvalue weighted by Gasteiger charge is 2.30. The molecule has 1 aromatic heterocycles. The average Bonchev–Trinajstić information content (AvgIpc) is 3.41. The number of aromatic nitrogens is 1. The lowest BCUT2D eigenvalue weighted by molar-refractivity contribution is 0.0695. The van der Waals surface area contributed by atoms with Crippen molar-refractivity contribution in [2.45, 2.75) is 18.9 Å². The Labute approximate surface area is 147 Å². The molecule has 1 aromatic carbocycles. The summed E-state index contributed by atoms with van der Waals surface area (Å²) >= 11 is 6.30. The number of benzene rings is 1. The first-order valence-corrected chi connectivity index (χ1v) is 8.62. The van der Waals surface area contributed by atoms with Crippen LogP contribution in [0.1, 0.15) is 29.2 Å². The van der Waals surface area contributed by atoms with Gasteiger partial charge in [-0.3, -0.25) is 4.79 Å². The maximum atomic E-state index is 15.4. The minimum absolute atomic E-state index is 0.0211. The summed E-state index contributed by atoms with van der Waals surface area (Å²) in [4.78, 5) is 25.8. The zero-order valence-corrected chi connectivity index (χ0v) is 14.1. The summed E-state index contributed by atoms with van der Waals surface area (Å²) in [6.45, 7) is 2.68. The van der Waals surface area contributed by atoms with Crippen molar-refractivity contribution >= 4 is 34.2 Å². The third-order valence-electron chi connectivity index (χ3n) is 4.79. The Hall–Kier alpha value is -2.12. The molecule has 0 spiro atoms. The van der Waals surface area contributed by atoms with Crippen molar-refractivity contribution < 1.29 is 14.3 Å². The highest BCUT2D eigenvalue weighted by atomic mass is 35.5. The van der Waals surface area contributed by atoms with Crippen molar-refractivity contribution in [2.75, 3.05) is 31.1 Å². The van der Waals surface area contributed by atoms with E-state index in [0.717, 1.165) is 25.9 Å². The summed E-state index contributed by atoms with van der Waals surface area (Å²) < 4.78 is 17.0. The average molecular weight is 366 g/mol. The van der Waals surface area contributed by atoms with Crippen LogP contribution in [0.4, 0.5) is 10.1 Å². The van der Waals surface area contributed by atoms with Gasteiger partial charge in [0, 0.05) is 38.4 Å². The van der Waals surface area contributed by atoms with Crippen molar-refractivity contribution in [2.24, 2.45) is 0 Å². The quantitative estimate of drug-likeness (QED) is 0.872. The van der Waals surface area contributed by atoms with Crippen LogP contribution in [0.15, 0.2) is 17.1 Å². The van der Waals surface area contributed by atoms with E-state index in [9.17, 15) is 14.7 Å². The fourth-order valence-corrected chi connectivity index (χ4v) is 3.71. The van der Waals surface area contributed by atoms with Crippen molar-refractivity contribution in [1.82, 2.24) is 9.88 Å². The normalized spacial score (nSPS) is 17.9. The molecule has 2 aromatic rings. The number of anilines is 1. The van der Waals surface area contributed by atoms with Crippen molar-refractivity contribution in [3.8, 4) is 0 Å². The van der Waals surface area contributed by atoms with Crippen LogP contribution in [0.25, 0.3) is 10.9 Å². The summed E-state index contributed by atoms with van der Waals surface area (Å²) in [5.74, 6) is -1.87.